The average Bonchev–Trinajstić information content (AvgIpc) is 3.15. The van der Waals surface area contributed by atoms with Crippen LogP contribution in [0.1, 0.15) is 33.4 Å². The Morgan fingerprint density at radius 1 is 1.50 bits per heavy atom. The van der Waals surface area contributed by atoms with E-state index in [0.29, 0.717) is 15.6 Å². The van der Waals surface area contributed by atoms with Crippen molar-refractivity contribution in [2.45, 2.75) is 25.4 Å². The number of primary amides is 1. The summed E-state index contributed by atoms with van der Waals surface area (Å²) in [4.78, 5) is 20.9. The standard InChI is InChI=1S/C19H22F2N6O2S/c1-10-13-16(27(26(2)3)9-24-18(13)30-14(10)15(22)28)25-12-5-4-6-23-17(12)29-8-11-7-19(11,20)21/h4-6,9,11,16,25H,7-8H2,1-3H3,(H2,22,28). The summed E-state index contributed by atoms with van der Waals surface area (Å²) in [6.45, 7) is 1.73. The normalized spacial score (nSPS) is 21.5. The molecule has 0 saturated heterocycles. The van der Waals surface area contributed by atoms with Crippen LogP contribution in [0, 0.1) is 12.8 Å². The lowest BCUT2D eigenvalue weighted by Crippen LogP contribution is -2.43. The van der Waals surface area contributed by atoms with Gasteiger partial charge in [-0.1, -0.05) is 0 Å². The van der Waals surface area contributed by atoms with Gasteiger partial charge in [0.25, 0.3) is 11.8 Å². The van der Waals surface area contributed by atoms with Crippen molar-refractivity contribution in [3.05, 3.63) is 34.3 Å². The largest absolute Gasteiger partial charge is 0.476 e. The first-order valence-corrected chi connectivity index (χ1v) is 10.2. The second-order valence-corrected chi connectivity index (χ2v) is 8.49. The molecule has 0 aromatic carbocycles. The number of nitrogens with one attached hydrogen (secondary N) is 1. The maximum absolute atomic E-state index is 13.2. The molecule has 8 nitrogen and oxygen atoms in total. The van der Waals surface area contributed by atoms with Gasteiger partial charge in [-0.05, 0) is 24.6 Å². The van der Waals surface area contributed by atoms with Gasteiger partial charge in [0.2, 0.25) is 5.88 Å². The molecule has 2 aromatic heterocycles. The number of rotatable bonds is 7. The zero-order valence-corrected chi connectivity index (χ0v) is 17.5. The lowest BCUT2D eigenvalue weighted by molar-refractivity contribution is 0.0773. The number of anilines is 1. The van der Waals surface area contributed by atoms with E-state index in [0.717, 1.165) is 11.1 Å². The summed E-state index contributed by atoms with van der Waals surface area (Å²) < 4.78 is 32.0. The van der Waals surface area contributed by atoms with Crippen molar-refractivity contribution in [1.82, 2.24) is 15.0 Å². The van der Waals surface area contributed by atoms with Gasteiger partial charge in [0.15, 0.2) is 0 Å². The molecule has 4 rings (SSSR count). The van der Waals surface area contributed by atoms with E-state index in [4.69, 9.17) is 10.5 Å². The highest BCUT2D eigenvalue weighted by Gasteiger charge is 2.57. The van der Waals surface area contributed by atoms with Gasteiger partial charge in [-0.15, -0.1) is 11.3 Å². The molecule has 2 atom stereocenters. The first kappa shape index (κ1) is 20.5. The Morgan fingerprint density at radius 3 is 2.87 bits per heavy atom. The van der Waals surface area contributed by atoms with Crippen LogP contribution < -0.4 is 15.8 Å². The van der Waals surface area contributed by atoms with E-state index in [1.165, 1.54) is 11.3 Å². The summed E-state index contributed by atoms with van der Waals surface area (Å²) in [5.74, 6) is -3.70. The fraction of sp³-hybridized carbons (Fsp3) is 0.421. The number of halogens is 2. The van der Waals surface area contributed by atoms with E-state index in [1.807, 2.05) is 31.0 Å². The molecule has 0 bridgehead atoms. The molecular weight excluding hydrogens is 414 g/mol. The molecule has 3 heterocycles. The first-order valence-electron chi connectivity index (χ1n) is 9.34. The summed E-state index contributed by atoms with van der Waals surface area (Å²) in [6, 6.07) is 3.50. The van der Waals surface area contributed by atoms with Crippen LogP contribution in [0.4, 0.5) is 19.5 Å². The number of hydrogen-bond acceptors (Lipinski definition) is 8. The minimum absolute atomic E-state index is 0.100. The number of nitrogens with zero attached hydrogens (tertiary/aromatic N) is 4. The average molecular weight is 436 g/mol. The molecular formula is C19H22F2N6O2S. The number of amides is 1. The summed E-state index contributed by atoms with van der Waals surface area (Å²) in [7, 11) is 3.72. The number of ether oxygens (including phenoxy) is 1. The van der Waals surface area contributed by atoms with Crippen molar-refractivity contribution < 1.29 is 18.3 Å². The number of alkyl halides is 2. The molecule has 1 aliphatic heterocycles. The topological polar surface area (TPSA) is 96.1 Å². The fourth-order valence-corrected chi connectivity index (χ4v) is 4.37. The van der Waals surface area contributed by atoms with Crippen molar-refractivity contribution in [2.24, 2.45) is 16.6 Å². The van der Waals surface area contributed by atoms with Crippen LogP contribution >= 0.6 is 11.3 Å². The molecule has 1 aliphatic carbocycles. The molecule has 2 unspecified atom stereocenters. The van der Waals surface area contributed by atoms with E-state index in [2.05, 4.69) is 15.3 Å². The first-order chi connectivity index (χ1) is 14.2. The van der Waals surface area contributed by atoms with Gasteiger partial charge >= 0.3 is 0 Å². The van der Waals surface area contributed by atoms with E-state index in [-0.39, 0.29) is 18.9 Å². The monoisotopic (exact) mass is 436 g/mol. The fourth-order valence-electron chi connectivity index (χ4n) is 3.34. The van der Waals surface area contributed by atoms with Gasteiger partial charge in [0.1, 0.15) is 17.5 Å². The maximum Gasteiger partial charge on any atom is 0.259 e. The van der Waals surface area contributed by atoms with E-state index in [1.54, 1.807) is 24.7 Å². The SMILES string of the molecule is Cc1c(C(N)=O)sc2c1C(Nc1cccnc1OCC1CC1(F)F)N(N(C)C)C=N2. The van der Waals surface area contributed by atoms with Crippen LogP contribution in [0.2, 0.25) is 0 Å². The van der Waals surface area contributed by atoms with Crippen LogP contribution in [0.15, 0.2) is 23.3 Å². The predicted octanol–water partition coefficient (Wildman–Crippen LogP) is 3.15. The van der Waals surface area contributed by atoms with Gasteiger partial charge in [-0.25, -0.2) is 23.8 Å². The molecule has 0 spiro atoms. The minimum atomic E-state index is -2.65. The highest BCUT2D eigenvalue weighted by atomic mass is 32.1. The number of carbonyl (C=O) groups excluding carboxylic acids is 1. The number of fused-ring (bicyclic) bond motifs is 1. The van der Waals surface area contributed by atoms with Gasteiger partial charge < -0.3 is 15.8 Å². The zero-order valence-electron chi connectivity index (χ0n) is 16.7. The Balaban J connectivity index is 1.65. The molecule has 0 radical (unpaired) electrons. The second-order valence-electron chi connectivity index (χ2n) is 7.49. The van der Waals surface area contributed by atoms with Crippen LogP contribution in [0.5, 0.6) is 5.88 Å². The number of aliphatic imine (C=N–C) groups is 1. The number of nitrogens with two attached hydrogens (primary N) is 1. The lowest BCUT2D eigenvalue weighted by Gasteiger charge is -2.38. The van der Waals surface area contributed by atoms with Crippen LogP contribution in [0.25, 0.3) is 0 Å². The summed E-state index contributed by atoms with van der Waals surface area (Å²) in [5, 5.41) is 7.73. The number of aromatic nitrogens is 1. The molecule has 11 heteroatoms. The molecule has 160 valence electrons. The zero-order chi connectivity index (χ0) is 21.6. The van der Waals surface area contributed by atoms with Gasteiger partial charge in [0.05, 0.1) is 23.1 Å². The third kappa shape index (κ3) is 3.70. The van der Waals surface area contributed by atoms with E-state index in [9.17, 15) is 13.6 Å². The molecule has 3 N–H and O–H groups in total. The Labute approximate surface area is 176 Å². The predicted molar refractivity (Wildman–Crippen MR) is 110 cm³/mol. The van der Waals surface area contributed by atoms with Crippen LogP contribution in [0.3, 0.4) is 0 Å². The summed E-state index contributed by atoms with van der Waals surface area (Å²) >= 11 is 1.24. The Hall–Kier alpha value is -2.79. The molecule has 1 saturated carbocycles. The van der Waals surface area contributed by atoms with Crippen molar-refractivity contribution in [1.29, 1.82) is 0 Å². The Kier molecular flexibility index (Phi) is 5.10. The number of pyridine rings is 1. The number of carbonyl (C=O) groups is 1. The van der Waals surface area contributed by atoms with Crippen molar-refractivity contribution in [3.63, 3.8) is 0 Å². The smallest absolute Gasteiger partial charge is 0.259 e. The highest BCUT2D eigenvalue weighted by molar-refractivity contribution is 7.18. The number of hydrogen-bond donors (Lipinski definition) is 2. The highest BCUT2D eigenvalue weighted by Crippen LogP contribution is 2.49. The Morgan fingerprint density at radius 2 is 2.23 bits per heavy atom. The number of hydrazine groups is 1. The van der Waals surface area contributed by atoms with Crippen molar-refractivity contribution in [2.75, 3.05) is 26.0 Å². The van der Waals surface area contributed by atoms with Crippen LogP contribution in [-0.2, 0) is 0 Å². The molecule has 2 aromatic rings. The molecule has 30 heavy (non-hydrogen) atoms. The van der Waals surface area contributed by atoms with Gasteiger partial charge in [-0.2, -0.15) is 0 Å². The van der Waals surface area contributed by atoms with Crippen molar-refractivity contribution in [3.8, 4) is 5.88 Å². The van der Waals surface area contributed by atoms with Gasteiger partial charge in [-0.3, -0.25) is 9.80 Å². The quantitative estimate of drug-likeness (QED) is 0.692. The van der Waals surface area contributed by atoms with E-state index >= 15 is 0 Å². The summed E-state index contributed by atoms with van der Waals surface area (Å²) in [5.41, 5.74) is 7.63. The maximum atomic E-state index is 13.2. The third-order valence-electron chi connectivity index (χ3n) is 5.13. The minimum Gasteiger partial charge on any atom is -0.476 e. The summed E-state index contributed by atoms with van der Waals surface area (Å²) in [6.07, 6.45) is 2.61. The molecule has 1 amide bonds. The van der Waals surface area contributed by atoms with Gasteiger partial charge in [0, 0.05) is 32.3 Å². The number of thiophene rings is 1. The second kappa shape index (κ2) is 7.47. The lowest BCUT2D eigenvalue weighted by atomic mass is 10.1. The molecule has 1 fully saturated rings. The van der Waals surface area contributed by atoms with Crippen LogP contribution in [-0.4, -0.2) is 53.9 Å². The van der Waals surface area contributed by atoms with E-state index < -0.39 is 23.9 Å². The van der Waals surface area contributed by atoms with Crippen molar-refractivity contribution >= 4 is 34.3 Å². The molecule has 2 aliphatic rings. The third-order valence-corrected chi connectivity index (χ3v) is 6.36. The Bertz CT molecular complexity index is 1010.